The van der Waals surface area contributed by atoms with Crippen molar-refractivity contribution >= 4 is 40.3 Å². The number of carboxylic acid groups (broad SMARTS) is 1. The summed E-state index contributed by atoms with van der Waals surface area (Å²) in [4.78, 5) is 36.7. The summed E-state index contributed by atoms with van der Waals surface area (Å²) in [5.74, 6) is -1.36. The minimum absolute atomic E-state index is 0.0263. The maximum atomic E-state index is 15.5. The number of hydrogen-bond donors (Lipinski definition) is 2. The van der Waals surface area contributed by atoms with Gasteiger partial charge in [-0.15, -0.1) is 0 Å². The van der Waals surface area contributed by atoms with Crippen molar-refractivity contribution in [2.75, 3.05) is 24.5 Å². The van der Waals surface area contributed by atoms with Crippen molar-refractivity contribution in [2.45, 2.75) is 18.9 Å². The summed E-state index contributed by atoms with van der Waals surface area (Å²) in [7, 11) is 0. The van der Waals surface area contributed by atoms with Gasteiger partial charge in [0.05, 0.1) is 34.4 Å². The monoisotopic (exact) mass is 395 g/mol. The van der Waals surface area contributed by atoms with E-state index in [2.05, 4.69) is 10.1 Å². The lowest BCUT2D eigenvalue weighted by Crippen LogP contribution is -2.48. The van der Waals surface area contributed by atoms with E-state index in [0.717, 1.165) is 12.8 Å². The van der Waals surface area contributed by atoms with Gasteiger partial charge in [-0.2, -0.15) is 0 Å². The van der Waals surface area contributed by atoms with Crippen LogP contribution in [0.25, 0.3) is 10.9 Å². The molecule has 1 saturated heterocycles. The van der Waals surface area contributed by atoms with Gasteiger partial charge in [-0.05, 0) is 18.9 Å². The number of halogens is 2. The second-order valence-electron chi connectivity index (χ2n) is 6.52. The van der Waals surface area contributed by atoms with Gasteiger partial charge in [0.1, 0.15) is 0 Å². The number of pyridine rings is 1. The molecule has 1 aliphatic heterocycles. The number of piperazine rings is 1. The van der Waals surface area contributed by atoms with Crippen LogP contribution in [0.5, 0.6) is 5.75 Å². The Balaban J connectivity index is 1.96. The summed E-state index contributed by atoms with van der Waals surface area (Å²) >= 11 is 6.25. The standard InChI is InChI=1S/C17H15ClFN3O5/c18-10-5-9-14(13(19)15(10)21-4-3-20-12(23)7-21)22(8-1-2-8)6-11(16(9)24)27-17(25)26/h5-6,8H,1-4,7H2,(H,20,23)(H,25,26). The molecular weight excluding hydrogens is 381 g/mol. The lowest BCUT2D eigenvalue weighted by Gasteiger charge is -2.30. The van der Waals surface area contributed by atoms with Crippen LogP contribution in [0.1, 0.15) is 18.9 Å². The molecule has 1 saturated carbocycles. The Labute approximate surface area is 157 Å². The van der Waals surface area contributed by atoms with E-state index in [9.17, 15) is 14.4 Å². The van der Waals surface area contributed by atoms with E-state index >= 15 is 4.39 Å². The molecule has 27 heavy (non-hydrogen) atoms. The predicted molar refractivity (Wildman–Crippen MR) is 95.3 cm³/mol. The van der Waals surface area contributed by atoms with Crippen LogP contribution in [-0.2, 0) is 4.79 Å². The summed E-state index contributed by atoms with van der Waals surface area (Å²) in [5, 5.41) is 11.4. The molecule has 1 aromatic heterocycles. The predicted octanol–water partition coefficient (Wildman–Crippen LogP) is 2.12. The van der Waals surface area contributed by atoms with Gasteiger partial charge in [-0.25, -0.2) is 9.18 Å². The van der Waals surface area contributed by atoms with Gasteiger partial charge in [0.15, 0.2) is 11.6 Å². The van der Waals surface area contributed by atoms with Crippen molar-refractivity contribution in [3.05, 3.63) is 33.3 Å². The third-order valence-electron chi connectivity index (χ3n) is 4.64. The summed E-state index contributed by atoms with van der Waals surface area (Å²) in [5.41, 5.74) is -0.668. The number of nitrogens with zero attached hydrogens (tertiary/aromatic N) is 2. The highest BCUT2D eigenvalue weighted by Gasteiger charge is 2.31. The number of amides is 1. The van der Waals surface area contributed by atoms with Crippen molar-refractivity contribution in [2.24, 2.45) is 0 Å². The lowest BCUT2D eigenvalue weighted by atomic mass is 10.1. The maximum Gasteiger partial charge on any atom is 0.511 e. The fourth-order valence-electron chi connectivity index (χ4n) is 3.33. The molecule has 1 amide bonds. The molecule has 10 heteroatoms. The van der Waals surface area contributed by atoms with E-state index in [-0.39, 0.29) is 40.1 Å². The summed E-state index contributed by atoms with van der Waals surface area (Å²) < 4.78 is 21.6. The minimum atomic E-state index is -1.63. The Hall–Kier alpha value is -2.81. The van der Waals surface area contributed by atoms with Gasteiger partial charge in [-0.1, -0.05) is 11.6 Å². The average molecular weight is 396 g/mol. The number of benzene rings is 1. The van der Waals surface area contributed by atoms with Crippen LogP contribution < -0.4 is 20.4 Å². The molecule has 2 aromatic rings. The van der Waals surface area contributed by atoms with Crippen LogP contribution in [0.4, 0.5) is 14.9 Å². The van der Waals surface area contributed by atoms with Crippen LogP contribution in [-0.4, -0.2) is 41.4 Å². The summed E-state index contributed by atoms with van der Waals surface area (Å²) in [6.45, 7) is 0.686. The van der Waals surface area contributed by atoms with Crippen molar-refractivity contribution in [3.8, 4) is 5.75 Å². The number of carbonyl (C=O) groups excluding carboxylic acids is 1. The topological polar surface area (TPSA) is 101 Å². The zero-order valence-electron chi connectivity index (χ0n) is 14.0. The second kappa shape index (κ2) is 6.41. The molecule has 4 rings (SSSR count). The van der Waals surface area contributed by atoms with E-state index in [1.54, 1.807) is 0 Å². The molecule has 0 spiro atoms. The third kappa shape index (κ3) is 3.08. The first-order valence-electron chi connectivity index (χ1n) is 8.36. The highest BCUT2D eigenvalue weighted by Crippen LogP contribution is 2.41. The fraction of sp³-hybridized carbons (Fsp3) is 0.353. The Morgan fingerprint density at radius 3 is 2.74 bits per heavy atom. The molecule has 2 N–H and O–H groups in total. The van der Waals surface area contributed by atoms with Crippen LogP contribution >= 0.6 is 11.6 Å². The lowest BCUT2D eigenvalue weighted by molar-refractivity contribution is -0.120. The molecular formula is C17H15ClFN3O5. The number of anilines is 1. The SMILES string of the molecule is O=C1CN(c2c(Cl)cc3c(=O)c(OC(=O)O)cn(C4CC4)c3c2F)CCN1. The van der Waals surface area contributed by atoms with Crippen LogP contribution in [0.2, 0.25) is 5.02 Å². The third-order valence-corrected chi connectivity index (χ3v) is 4.93. The van der Waals surface area contributed by atoms with E-state index in [1.165, 1.54) is 21.7 Å². The molecule has 8 nitrogen and oxygen atoms in total. The van der Waals surface area contributed by atoms with Gasteiger partial charge in [0.2, 0.25) is 11.3 Å². The number of nitrogens with one attached hydrogen (secondary N) is 1. The number of carbonyl (C=O) groups is 2. The average Bonchev–Trinajstić information content (AvgIpc) is 3.42. The number of ether oxygens (including phenoxy) is 1. The van der Waals surface area contributed by atoms with E-state index < -0.39 is 23.2 Å². The maximum absolute atomic E-state index is 15.5. The van der Waals surface area contributed by atoms with Crippen molar-refractivity contribution in [3.63, 3.8) is 0 Å². The Morgan fingerprint density at radius 2 is 2.11 bits per heavy atom. The van der Waals surface area contributed by atoms with Crippen molar-refractivity contribution in [1.82, 2.24) is 9.88 Å². The van der Waals surface area contributed by atoms with Crippen molar-refractivity contribution in [1.29, 1.82) is 0 Å². The molecule has 1 aromatic carbocycles. The molecule has 0 bridgehead atoms. The fourth-order valence-corrected chi connectivity index (χ4v) is 3.64. The Morgan fingerprint density at radius 1 is 1.37 bits per heavy atom. The van der Waals surface area contributed by atoms with E-state index in [1.807, 2.05) is 0 Å². The number of aromatic nitrogens is 1. The molecule has 1 aliphatic carbocycles. The molecule has 0 unspecified atom stereocenters. The minimum Gasteiger partial charge on any atom is -0.449 e. The molecule has 142 valence electrons. The first kappa shape index (κ1) is 17.6. The van der Waals surface area contributed by atoms with Gasteiger partial charge in [0.25, 0.3) is 0 Å². The first-order valence-corrected chi connectivity index (χ1v) is 8.74. The Kier molecular flexibility index (Phi) is 4.18. The van der Waals surface area contributed by atoms with Crippen LogP contribution in [0, 0.1) is 5.82 Å². The largest absolute Gasteiger partial charge is 0.511 e. The normalized spacial score (nSPS) is 17.1. The highest BCUT2D eigenvalue weighted by atomic mass is 35.5. The van der Waals surface area contributed by atoms with Crippen LogP contribution in [0.3, 0.4) is 0 Å². The van der Waals surface area contributed by atoms with Gasteiger partial charge >= 0.3 is 6.16 Å². The number of fused-ring (bicyclic) bond motifs is 1. The summed E-state index contributed by atoms with van der Waals surface area (Å²) in [6.07, 6.45) is 1.14. The zero-order chi connectivity index (χ0) is 19.3. The highest BCUT2D eigenvalue weighted by molar-refractivity contribution is 6.34. The second-order valence-corrected chi connectivity index (χ2v) is 6.92. The van der Waals surface area contributed by atoms with Gasteiger partial charge < -0.3 is 24.6 Å². The molecule has 0 atom stereocenters. The Bertz CT molecular complexity index is 1030. The van der Waals surface area contributed by atoms with Gasteiger partial charge in [-0.3, -0.25) is 9.59 Å². The molecule has 0 radical (unpaired) electrons. The molecule has 2 aliphatic rings. The van der Waals surface area contributed by atoms with Crippen molar-refractivity contribution < 1.29 is 23.8 Å². The smallest absolute Gasteiger partial charge is 0.449 e. The molecule has 2 fully saturated rings. The summed E-state index contributed by atoms with van der Waals surface area (Å²) in [6, 6.07) is 1.25. The number of rotatable bonds is 3. The van der Waals surface area contributed by atoms with Crippen LogP contribution in [0.15, 0.2) is 17.1 Å². The van der Waals surface area contributed by atoms with E-state index in [0.29, 0.717) is 13.1 Å². The molecule has 2 heterocycles. The number of hydrogen-bond acceptors (Lipinski definition) is 5. The quantitative estimate of drug-likeness (QED) is 0.772. The van der Waals surface area contributed by atoms with Gasteiger partial charge in [0, 0.05) is 19.1 Å². The first-order chi connectivity index (χ1) is 12.9. The zero-order valence-corrected chi connectivity index (χ0v) is 14.8. The van der Waals surface area contributed by atoms with E-state index in [4.69, 9.17) is 16.7 Å².